The highest BCUT2D eigenvalue weighted by Crippen LogP contribution is 2.26. The van der Waals surface area contributed by atoms with Crippen molar-refractivity contribution in [2.75, 3.05) is 20.1 Å². The van der Waals surface area contributed by atoms with Crippen LogP contribution in [-0.2, 0) is 4.79 Å². The number of amides is 3. The molecule has 0 aromatic carbocycles. The van der Waals surface area contributed by atoms with Gasteiger partial charge in [0.05, 0.1) is 0 Å². The molecule has 2 heterocycles. The van der Waals surface area contributed by atoms with Crippen molar-refractivity contribution in [3.05, 3.63) is 0 Å². The number of rotatable bonds is 0. The van der Waals surface area contributed by atoms with Crippen LogP contribution < -0.4 is 10.6 Å². The second-order valence-corrected chi connectivity index (χ2v) is 3.28. The first kappa shape index (κ1) is 10.3. The van der Waals surface area contributed by atoms with Gasteiger partial charge in [0, 0.05) is 13.6 Å². The van der Waals surface area contributed by atoms with Crippen LogP contribution in [0.1, 0.15) is 6.42 Å². The van der Waals surface area contributed by atoms with E-state index < -0.39 is 5.54 Å². The van der Waals surface area contributed by atoms with Gasteiger partial charge in [-0.1, -0.05) is 0 Å². The third kappa shape index (κ3) is 1.19. The summed E-state index contributed by atoms with van der Waals surface area (Å²) >= 11 is 0. The smallest absolute Gasteiger partial charge is 0.314 e. The fourth-order valence-corrected chi connectivity index (χ4v) is 1.80. The van der Waals surface area contributed by atoms with Crippen LogP contribution in [0, 0.1) is 0 Å². The third-order valence-electron chi connectivity index (χ3n) is 2.72. The van der Waals surface area contributed by atoms with Crippen molar-refractivity contribution in [1.82, 2.24) is 15.5 Å². The number of hydrogen-bond acceptors (Lipinski definition) is 3. The summed E-state index contributed by atoms with van der Waals surface area (Å²) in [4.78, 5) is 24.0. The first-order valence-electron chi connectivity index (χ1n) is 3.97. The van der Waals surface area contributed by atoms with Gasteiger partial charge in [0.1, 0.15) is 5.54 Å². The molecule has 3 amide bonds. The van der Waals surface area contributed by atoms with Crippen molar-refractivity contribution in [2.24, 2.45) is 0 Å². The molecule has 0 aromatic rings. The molecule has 2 fully saturated rings. The summed E-state index contributed by atoms with van der Waals surface area (Å²) < 4.78 is 0. The maximum Gasteiger partial charge on any atom is 0.324 e. The fraction of sp³-hybridized carbons (Fsp3) is 0.714. The Bertz CT molecular complexity index is 250. The summed E-state index contributed by atoms with van der Waals surface area (Å²) in [5.74, 6) is -0.167. The minimum Gasteiger partial charge on any atom is -0.314 e. The topological polar surface area (TPSA) is 61.4 Å². The molecule has 13 heavy (non-hydrogen) atoms. The summed E-state index contributed by atoms with van der Waals surface area (Å²) in [6.45, 7) is 1.37. The molecule has 2 aliphatic rings. The van der Waals surface area contributed by atoms with E-state index in [2.05, 4.69) is 10.6 Å². The van der Waals surface area contributed by atoms with E-state index in [0.29, 0.717) is 13.0 Å². The highest BCUT2D eigenvalue weighted by Gasteiger charge is 2.52. The summed E-state index contributed by atoms with van der Waals surface area (Å²) in [5, 5.41) is 5.39. The summed E-state index contributed by atoms with van der Waals surface area (Å²) in [5.41, 5.74) is -0.600. The van der Waals surface area contributed by atoms with Gasteiger partial charge < -0.3 is 10.2 Å². The quantitative estimate of drug-likeness (QED) is 0.516. The molecule has 2 aliphatic heterocycles. The van der Waals surface area contributed by atoms with E-state index in [9.17, 15) is 9.59 Å². The van der Waals surface area contributed by atoms with Crippen molar-refractivity contribution in [2.45, 2.75) is 12.0 Å². The Labute approximate surface area is 82.3 Å². The molecule has 0 bridgehead atoms. The number of halogens is 1. The van der Waals surface area contributed by atoms with Crippen molar-refractivity contribution in [3.8, 4) is 0 Å². The number of nitrogens with one attached hydrogen (secondary N) is 2. The van der Waals surface area contributed by atoms with Crippen LogP contribution in [0.15, 0.2) is 0 Å². The maximum absolute atomic E-state index is 11.4. The zero-order chi connectivity index (χ0) is 8.77. The first-order valence-corrected chi connectivity index (χ1v) is 3.97. The largest absolute Gasteiger partial charge is 0.324 e. The molecule has 2 N–H and O–H groups in total. The van der Waals surface area contributed by atoms with E-state index >= 15 is 0 Å². The molecule has 2 saturated heterocycles. The number of carbonyl (C=O) groups is 2. The molecule has 0 radical (unpaired) electrons. The third-order valence-corrected chi connectivity index (χ3v) is 2.72. The second kappa shape index (κ2) is 3.16. The summed E-state index contributed by atoms with van der Waals surface area (Å²) in [7, 11) is 1.66. The van der Waals surface area contributed by atoms with Crippen LogP contribution in [0.4, 0.5) is 4.79 Å². The predicted octanol–water partition coefficient (Wildman–Crippen LogP) is -0.678. The minimum atomic E-state index is -0.600. The molecular weight excluding hydrogens is 194 g/mol. The van der Waals surface area contributed by atoms with Crippen LogP contribution in [0.5, 0.6) is 0 Å². The van der Waals surface area contributed by atoms with Gasteiger partial charge in [0.15, 0.2) is 0 Å². The zero-order valence-electron chi connectivity index (χ0n) is 7.29. The Balaban J connectivity index is 0.000000845. The number of imide groups is 1. The maximum atomic E-state index is 11.4. The van der Waals surface area contributed by atoms with E-state index in [1.165, 1.54) is 4.90 Å². The monoisotopic (exact) mass is 205 g/mol. The Morgan fingerprint density at radius 3 is 2.54 bits per heavy atom. The number of carbonyl (C=O) groups excluding carboxylic acids is 2. The van der Waals surface area contributed by atoms with Gasteiger partial charge in [0.25, 0.3) is 5.91 Å². The molecule has 0 saturated carbocycles. The number of nitrogens with zero attached hydrogens (tertiary/aromatic N) is 1. The lowest BCUT2D eigenvalue weighted by atomic mass is 9.98. The normalized spacial score (nSPS) is 32.2. The lowest BCUT2D eigenvalue weighted by Crippen LogP contribution is -2.49. The number of likely N-dealkylation sites (N-methyl/N-ethyl adjacent to an activating group) is 1. The minimum absolute atomic E-state index is 0. The molecule has 0 aliphatic carbocycles. The molecule has 1 unspecified atom stereocenters. The fourth-order valence-electron chi connectivity index (χ4n) is 1.80. The Hall–Kier alpha value is -0.810. The standard InChI is InChI=1S/C7H11N3O2.ClH/c1-10-6(12)9-5(11)7(10)2-3-8-4-7;/h8H,2-4H2,1H3,(H,9,11,12);1H. The van der Waals surface area contributed by atoms with E-state index in [4.69, 9.17) is 0 Å². The molecule has 74 valence electrons. The average Bonchev–Trinajstić information content (AvgIpc) is 2.57. The predicted molar refractivity (Wildman–Crippen MR) is 48.8 cm³/mol. The summed E-state index contributed by atoms with van der Waals surface area (Å²) in [6.07, 6.45) is 0.709. The highest BCUT2D eigenvalue weighted by molar-refractivity contribution is 6.07. The van der Waals surface area contributed by atoms with Crippen molar-refractivity contribution in [1.29, 1.82) is 0 Å². The second-order valence-electron chi connectivity index (χ2n) is 3.28. The molecule has 0 aromatic heterocycles. The SMILES string of the molecule is CN1C(=O)NC(=O)C12CCNC2.Cl. The van der Waals surface area contributed by atoms with E-state index in [1.807, 2.05) is 0 Å². The number of hydrogen-bond donors (Lipinski definition) is 2. The van der Waals surface area contributed by atoms with Gasteiger partial charge in [-0.05, 0) is 13.0 Å². The molecule has 1 atom stereocenters. The van der Waals surface area contributed by atoms with E-state index in [-0.39, 0.29) is 24.3 Å². The van der Waals surface area contributed by atoms with E-state index in [0.717, 1.165) is 6.54 Å². The lowest BCUT2D eigenvalue weighted by molar-refractivity contribution is -0.125. The van der Waals surface area contributed by atoms with Gasteiger partial charge in [0.2, 0.25) is 0 Å². The lowest BCUT2D eigenvalue weighted by Gasteiger charge is -2.26. The van der Waals surface area contributed by atoms with Gasteiger partial charge in [-0.2, -0.15) is 0 Å². The van der Waals surface area contributed by atoms with Crippen LogP contribution in [0.3, 0.4) is 0 Å². The highest BCUT2D eigenvalue weighted by atomic mass is 35.5. The van der Waals surface area contributed by atoms with Crippen molar-refractivity contribution < 1.29 is 9.59 Å². The Morgan fingerprint density at radius 1 is 1.46 bits per heavy atom. The average molecular weight is 206 g/mol. The van der Waals surface area contributed by atoms with Gasteiger partial charge in [-0.15, -0.1) is 12.4 Å². The summed E-state index contributed by atoms with van der Waals surface area (Å²) in [6, 6.07) is -0.288. The van der Waals surface area contributed by atoms with Crippen molar-refractivity contribution in [3.63, 3.8) is 0 Å². The molecule has 1 spiro atoms. The molecule has 5 nitrogen and oxygen atoms in total. The molecule has 6 heteroatoms. The molecule has 2 rings (SSSR count). The van der Waals surface area contributed by atoms with Gasteiger partial charge >= 0.3 is 6.03 Å². The van der Waals surface area contributed by atoms with Crippen molar-refractivity contribution >= 4 is 24.3 Å². The Kier molecular flexibility index (Phi) is 2.49. The first-order chi connectivity index (χ1) is 5.67. The van der Waals surface area contributed by atoms with Gasteiger partial charge in [-0.3, -0.25) is 10.1 Å². The molecular formula is C7H12ClN3O2. The number of urea groups is 1. The van der Waals surface area contributed by atoms with Crippen LogP contribution in [0.25, 0.3) is 0 Å². The van der Waals surface area contributed by atoms with Crippen LogP contribution in [-0.4, -0.2) is 42.5 Å². The van der Waals surface area contributed by atoms with E-state index in [1.54, 1.807) is 7.05 Å². The van der Waals surface area contributed by atoms with Gasteiger partial charge in [-0.25, -0.2) is 4.79 Å². The zero-order valence-corrected chi connectivity index (χ0v) is 8.11. The Morgan fingerprint density at radius 2 is 2.15 bits per heavy atom. The van der Waals surface area contributed by atoms with Crippen LogP contribution >= 0.6 is 12.4 Å². The van der Waals surface area contributed by atoms with Crippen LogP contribution in [0.2, 0.25) is 0 Å².